The molecular weight excluding hydrogens is 450 g/mol. The second-order valence-corrected chi connectivity index (χ2v) is 9.13. The highest BCUT2D eigenvalue weighted by Gasteiger charge is 2.39. The first kappa shape index (κ1) is 25.0. The predicted octanol–water partition coefficient (Wildman–Crippen LogP) is 2.42. The summed E-state index contributed by atoms with van der Waals surface area (Å²) in [7, 11) is 1.56. The molecule has 0 spiro atoms. The zero-order valence-electron chi connectivity index (χ0n) is 20.7. The number of likely N-dealkylation sites (tertiary alicyclic amines) is 1. The highest BCUT2D eigenvalue weighted by Crippen LogP contribution is 2.29. The fraction of sp³-hybridized carbons (Fsp3) is 0.600. The van der Waals surface area contributed by atoms with Crippen molar-refractivity contribution in [1.29, 1.82) is 0 Å². The van der Waals surface area contributed by atoms with Crippen molar-refractivity contribution in [3.63, 3.8) is 0 Å². The van der Waals surface area contributed by atoms with Crippen LogP contribution in [0.3, 0.4) is 0 Å². The number of benzene rings is 1. The van der Waals surface area contributed by atoms with Gasteiger partial charge in [0.15, 0.2) is 11.5 Å². The van der Waals surface area contributed by atoms with Crippen LogP contribution in [-0.2, 0) is 22.7 Å². The molecule has 10 heteroatoms. The minimum atomic E-state index is -0.351. The molecule has 0 saturated carbocycles. The zero-order valence-corrected chi connectivity index (χ0v) is 20.7. The summed E-state index contributed by atoms with van der Waals surface area (Å²) in [6, 6.07) is 4.75. The average molecular weight is 486 g/mol. The lowest BCUT2D eigenvalue weighted by molar-refractivity contribution is -0.135. The Labute approximate surface area is 205 Å². The summed E-state index contributed by atoms with van der Waals surface area (Å²) < 4.78 is 19.2. The monoisotopic (exact) mass is 485 g/mol. The number of hydrogen-bond acceptors (Lipinski definition) is 7. The molecule has 1 saturated heterocycles. The van der Waals surface area contributed by atoms with Crippen molar-refractivity contribution < 1.29 is 23.8 Å². The number of aromatic nitrogens is 3. The number of nitrogens with zero attached hydrogens (tertiary/aromatic N) is 4. The van der Waals surface area contributed by atoms with Crippen LogP contribution in [0.2, 0.25) is 0 Å². The largest absolute Gasteiger partial charge is 0.493 e. The van der Waals surface area contributed by atoms with Gasteiger partial charge in [0.1, 0.15) is 12.3 Å². The normalized spacial score (nSPS) is 20.5. The Morgan fingerprint density at radius 1 is 1.26 bits per heavy atom. The van der Waals surface area contributed by atoms with Crippen molar-refractivity contribution in [2.75, 3.05) is 26.8 Å². The van der Waals surface area contributed by atoms with Gasteiger partial charge in [-0.3, -0.25) is 9.59 Å². The van der Waals surface area contributed by atoms with Gasteiger partial charge < -0.3 is 24.4 Å². The highest BCUT2D eigenvalue weighted by atomic mass is 16.5. The number of methoxy groups -OCH3 is 1. The van der Waals surface area contributed by atoms with E-state index in [2.05, 4.69) is 29.5 Å². The molecule has 0 radical (unpaired) electrons. The summed E-state index contributed by atoms with van der Waals surface area (Å²) in [5, 5.41) is 11.4. The van der Waals surface area contributed by atoms with E-state index in [-0.39, 0.29) is 36.5 Å². The smallest absolute Gasteiger partial charge is 0.251 e. The van der Waals surface area contributed by atoms with E-state index < -0.39 is 0 Å². The van der Waals surface area contributed by atoms with E-state index in [1.165, 1.54) is 0 Å². The van der Waals surface area contributed by atoms with Gasteiger partial charge in [0.25, 0.3) is 5.91 Å². The maximum atomic E-state index is 13.3. The average Bonchev–Trinajstić information content (AvgIpc) is 3.48. The first-order valence-corrected chi connectivity index (χ1v) is 12.4. The van der Waals surface area contributed by atoms with Gasteiger partial charge in [-0.05, 0) is 31.0 Å². The Bertz CT molecular complexity index is 1020. The molecule has 2 aliphatic heterocycles. The van der Waals surface area contributed by atoms with E-state index in [1.807, 2.05) is 11.1 Å². The molecule has 1 N–H and O–H groups in total. The van der Waals surface area contributed by atoms with E-state index in [1.54, 1.807) is 30.0 Å². The van der Waals surface area contributed by atoms with Crippen LogP contribution < -0.4 is 14.8 Å². The van der Waals surface area contributed by atoms with Crippen LogP contribution in [0.4, 0.5) is 0 Å². The number of amides is 2. The first-order chi connectivity index (χ1) is 17.0. The van der Waals surface area contributed by atoms with Gasteiger partial charge in [-0.25, -0.2) is 4.68 Å². The van der Waals surface area contributed by atoms with Gasteiger partial charge >= 0.3 is 0 Å². The molecule has 10 nitrogen and oxygen atoms in total. The number of carbonyl (C=O) groups is 2. The molecule has 4 rings (SSSR count). The molecule has 3 heterocycles. The minimum Gasteiger partial charge on any atom is -0.493 e. The number of nitrogens with one attached hydrogen (secondary N) is 1. The number of carbonyl (C=O) groups excluding carboxylic acids is 2. The molecule has 1 fully saturated rings. The lowest BCUT2D eigenvalue weighted by Crippen LogP contribution is -2.44. The molecule has 2 atom stereocenters. The van der Waals surface area contributed by atoms with E-state index in [9.17, 15) is 9.59 Å². The Balaban J connectivity index is 1.58. The Hall–Kier alpha value is -3.14. The second kappa shape index (κ2) is 11.5. The van der Waals surface area contributed by atoms with Gasteiger partial charge in [-0.1, -0.05) is 31.9 Å². The second-order valence-electron chi connectivity index (χ2n) is 9.13. The maximum Gasteiger partial charge on any atom is 0.251 e. The van der Waals surface area contributed by atoms with Gasteiger partial charge in [0.2, 0.25) is 5.91 Å². The van der Waals surface area contributed by atoms with Crippen molar-refractivity contribution in [3.05, 3.63) is 35.7 Å². The van der Waals surface area contributed by atoms with Crippen LogP contribution >= 0.6 is 0 Å². The Morgan fingerprint density at radius 3 is 2.80 bits per heavy atom. The predicted molar refractivity (Wildman–Crippen MR) is 128 cm³/mol. The third kappa shape index (κ3) is 5.93. The fourth-order valence-corrected chi connectivity index (χ4v) is 4.75. The number of fused-ring (bicyclic) bond motifs is 5. The van der Waals surface area contributed by atoms with Crippen LogP contribution in [0.25, 0.3) is 0 Å². The van der Waals surface area contributed by atoms with Crippen molar-refractivity contribution in [2.24, 2.45) is 5.92 Å². The van der Waals surface area contributed by atoms with Crippen molar-refractivity contribution in [3.8, 4) is 11.5 Å². The molecule has 2 amide bonds. The topological polar surface area (TPSA) is 108 Å². The van der Waals surface area contributed by atoms with Crippen LogP contribution in [0.5, 0.6) is 11.5 Å². The van der Waals surface area contributed by atoms with Crippen molar-refractivity contribution >= 4 is 11.8 Å². The summed E-state index contributed by atoms with van der Waals surface area (Å²) in [4.78, 5) is 28.3. The highest BCUT2D eigenvalue weighted by molar-refractivity contribution is 5.95. The van der Waals surface area contributed by atoms with E-state index in [4.69, 9.17) is 14.2 Å². The summed E-state index contributed by atoms with van der Waals surface area (Å²) in [5.74, 6) is 0.914. The Kier molecular flexibility index (Phi) is 8.22. The van der Waals surface area contributed by atoms with Crippen molar-refractivity contribution in [2.45, 2.75) is 64.8 Å². The number of rotatable bonds is 6. The molecule has 0 aliphatic carbocycles. The van der Waals surface area contributed by atoms with E-state index >= 15 is 0 Å². The summed E-state index contributed by atoms with van der Waals surface area (Å²) in [6.07, 6.45) is 5.12. The summed E-state index contributed by atoms with van der Waals surface area (Å²) >= 11 is 0. The van der Waals surface area contributed by atoms with Gasteiger partial charge in [0, 0.05) is 24.6 Å². The molecule has 0 unspecified atom stereocenters. The maximum absolute atomic E-state index is 13.3. The third-order valence-corrected chi connectivity index (χ3v) is 6.55. The lowest BCUT2D eigenvalue weighted by Gasteiger charge is -2.23. The molecule has 190 valence electrons. The quantitative estimate of drug-likeness (QED) is 0.669. The van der Waals surface area contributed by atoms with Crippen LogP contribution in [0.15, 0.2) is 24.4 Å². The number of ether oxygens (including phenoxy) is 3. The minimum absolute atomic E-state index is 0.000784. The molecule has 4 bridgehead atoms. The molecule has 1 aromatic carbocycles. The van der Waals surface area contributed by atoms with E-state index in [0.717, 1.165) is 25.7 Å². The van der Waals surface area contributed by atoms with Crippen molar-refractivity contribution in [1.82, 2.24) is 25.2 Å². The number of hydrogen-bond donors (Lipinski definition) is 1. The van der Waals surface area contributed by atoms with E-state index in [0.29, 0.717) is 49.0 Å². The zero-order chi connectivity index (χ0) is 24.8. The Morgan fingerprint density at radius 2 is 2.06 bits per heavy atom. The van der Waals surface area contributed by atoms with Crippen LogP contribution in [0.1, 0.15) is 55.6 Å². The SMILES string of the molecule is CCCC(CCC)C(=O)N1C[C@@H]2NC(=O)c3ccc(OC)c(c3)OCCn3cc(nn3)CO[C@H]2C1. The molecule has 2 aromatic rings. The molecule has 2 aliphatic rings. The van der Waals surface area contributed by atoms with Crippen LogP contribution in [0, 0.1) is 5.92 Å². The van der Waals surface area contributed by atoms with Gasteiger partial charge in [0.05, 0.1) is 38.6 Å². The third-order valence-electron chi connectivity index (χ3n) is 6.55. The van der Waals surface area contributed by atoms with Crippen LogP contribution in [-0.4, -0.2) is 70.7 Å². The van der Waals surface area contributed by atoms with Gasteiger partial charge in [-0.15, -0.1) is 5.10 Å². The summed E-state index contributed by atoms with van der Waals surface area (Å²) in [6.45, 7) is 6.10. The first-order valence-electron chi connectivity index (χ1n) is 12.4. The fourth-order valence-electron chi connectivity index (χ4n) is 4.75. The molecule has 1 aromatic heterocycles. The molecule has 35 heavy (non-hydrogen) atoms. The standard InChI is InChI=1S/C25H35N5O5/c1-4-6-17(7-5-2)25(32)29-14-20-23(15-29)35-16-19-13-30(28-27-19)10-11-34-22-12-18(24(31)26-20)8-9-21(22)33-3/h8-9,12-13,17,20,23H,4-7,10-11,14-16H2,1-3H3,(H,26,31)/t20-,23-/m0/s1. The molecular formula is C25H35N5O5. The van der Waals surface area contributed by atoms with Gasteiger partial charge in [-0.2, -0.15) is 0 Å². The lowest BCUT2D eigenvalue weighted by atomic mass is 9.97. The summed E-state index contributed by atoms with van der Waals surface area (Å²) in [5.41, 5.74) is 1.14.